The van der Waals surface area contributed by atoms with E-state index in [2.05, 4.69) is 37.1 Å². The highest BCUT2D eigenvalue weighted by atomic mass is 19.1. The second-order valence-corrected chi connectivity index (χ2v) is 14.6. The van der Waals surface area contributed by atoms with Crippen molar-refractivity contribution in [3.8, 4) is 11.4 Å². The lowest BCUT2D eigenvalue weighted by Gasteiger charge is -2.37. The zero-order chi connectivity index (χ0) is 39.9. The molecule has 4 heterocycles. The third-order valence-corrected chi connectivity index (χ3v) is 10.8. The third-order valence-electron chi connectivity index (χ3n) is 10.8. The van der Waals surface area contributed by atoms with Crippen LogP contribution in [0.3, 0.4) is 0 Å². The first-order chi connectivity index (χ1) is 27.7. The van der Waals surface area contributed by atoms with Gasteiger partial charge in [0, 0.05) is 68.1 Å². The number of benzene rings is 3. The monoisotopic (exact) mass is 786 g/mol. The summed E-state index contributed by atoms with van der Waals surface area (Å²) >= 11 is 0. The summed E-state index contributed by atoms with van der Waals surface area (Å²) in [5.74, 6) is -1.02. The molecule has 0 spiro atoms. The number of anilines is 2. The number of aliphatic hydroxyl groups excluding tert-OH is 1. The van der Waals surface area contributed by atoms with Crippen molar-refractivity contribution in [2.75, 3.05) is 55.8 Å². The summed E-state index contributed by atoms with van der Waals surface area (Å²) in [4.78, 5) is 34.1. The topological polar surface area (TPSA) is 142 Å². The van der Waals surface area contributed by atoms with E-state index in [1.54, 1.807) is 17.9 Å². The Morgan fingerprint density at radius 1 is 0.965 bits per heavy atom. The van der Waals surface area contributed by atoms with Crippen molar-refractivity contribution in [1.29, 1.82) is 0 Å². The van der Waals surface area contributed by atoms with E-state index in [9.17, 15) is 14.0 Å². The van der Waals surface area contributed by atoms with E-state index in [4.69, 9.17) is 19.3 Å². The number of nitrogens with zero attached hydrogens (tertiary/aromatic N) is 8. The SMILES string of the molecule is CC[C@@H]([C@H](C)OC(=O)CCCO)n1ncn(-c2ccc(N3CCN(c4ccc(OC[C@@H]5CO[C@@](Cn6cncn6)(c6ccc(F)cc6F)C5)cc4)CC3)cc2)c1=O. The number of hydrogen-bond acceptors (Lipinski definition) is 11. The average molecular weight is 787 g/mol. The zero-order valence-corrected chi connectivity index (χ0v) is 32.1. The molecule has 57 heavy (non-hydrogen) atoms. The number of hydrogen-bond donors (Lipinski definition) is 1. The molecule has 2 aromatic heterocycles. The minimum Gasteiger partial charge on any atom is -0.493 e. The van der Waals surface area contributed by atoms with Crippen LogP contribution in [0.5, 0.6) is 5.75 Å². The van der Waals surface area contributed by atoms with Crippen molar-refractivity contribution in [2.24, 2.45) is 5.92 Å². The molecule has 3 aromatic carbocycles. The first-order valence-corrected chi connectivity index (χ1v) is 19.4. The molecule has 2 saturated heterocycles. The van der Waals surface area contributed by atoms with E-state index in [1.165, 1.54) is 34.0 Å². The highest BCUT2D eigenvalue weighted by molar-refractivity contribution is 5.69. The van der Waals surface area contributed by atoms with Gasteiger partial charge in [-0.1, -0.05) is 13.0 Å². The first kappa shape index (κ1) is 39.6. The quantitative estimate of drug-likeness (QED) is 0.137. The van der Waals surface area contributed by atoms with E-state index >= 15 is 4.39 Å². The van der Waals surface area contributed by atoms with Gasteiger partial charge in [0.05, 0.1) is 31.5 Å². The number of aliphatic hydroxyl groups is 1. The van der Waals surface area contributed by atoms with E-state index in [-0.39, 0.29) is 36.7 Å². The maximum atomic E-state index is 15.0. The van der Waals surface area contributed by atoms with Gasteiger partial charge in [0.25, 0.3) is 0 Å². The highest BCUT2D eigenvalue weighted by Gasteiger charge is 2.44. The molecule has 0 amide bonds. The second-order valence-electron chi connectivity index (χ2n) is 14.6. The Labute approximate surface area is 329 Å². The summed E-state index contributed by atoms with van der Waals surface area (Å²) in [6, 6.07) is 19.0. The van der Waals surface area contributed by atoms with Crippen LogP contribution in [0, 0.1) is 17.6 Å². The Morgan fingerprint density at radius 3 is 2.28 bits per heavy atom. The van der Waals surface area contributed by atoms with Gasteiger partial charge in [-0.15, -0.1) is 0 Å². The fraction of sp³-hybridized carbons (Fsp3) is 0.439. The van der Waals surface area contributed by atoms with E-state index < -0.39 is 35.4 Å². The zero-order valence-electron chi connectivity index (χ0n) is 32.1. The van der Waals surface area contributed by atoms with Crippen LogP contribution < -0.4 is 20.2 Å². The van der Waals surface area contributed by atoms with Crippen LogP contribution in [0.25, 0.3) is 5.69 Å². The number of carbonyl (C=O) groups is 1. The molecule has 0 radical (unpaired) electrons. The normalized spacial score (nSPS) is 19.4. The van der Waals surface area contributed by atoms with Crippen LogP contribution in [-0.2, 0) is 26.4 Å². The van der Waals surface area contributed by atoms with E-state index in [0.29, 0.717) is 38.2 Å². The molecule has 0 saturated carbocycles. The molecule has 5 aromatic rings. The number of carbonyl (C=O) groups excluding carboxylic acids is 1. The minimum absolute atomic E-state index is 0.0256. The molecule has 302 valence electrons. The molecule has 16 heteroatoms. The van der Waals surface area contributed by atoms with Crippen LogP contribution in [0.4, 0.5) is 20.2 Å². The summed E-state index contributed by atoms with van der Waals surface area (Å²) in [5.41, 5.74) is 1.78. The first-order valence-electron chi connectivity index (χ1n) is 19.4. The number of esters is 1. The summed E-state index contributed by atoms with van der Waals surface area (Å²) in [5, 5.41) is 17.5. The molecule has 7 rings (SSSR count). The van der Waals surface area contributed by atoms with Crippen molar-refractivity contribution < 1.29 is 32.9 Å². The van der Waals surface area contributed by atoms with E-state index in [0.717, 1.165) is 49.4 Å². The van der Waals surface area contributed by atoms with Gasteiger partial charge in [0.15, 0.2) is 0 Å². The van der Waals surface area contributed by atoms with Gasteiger partial charge in [-0.25, -0.2) is 32.5 Å². The molecule has 4 atom stereocenters. The van der Waals surface area contributed by atoms with Crippen LogP contribution in [-0.4, -0.2) is 92.3 Å². The Balaban J connectivity index is 0.906. The number of piperazine rings is 1. The van der Waals surface area contributed by atoms with Gasteiger partial charge in [0.2, 0.25) is 0 Å². The van der Waals surface area contributed by atoms with Crippen molar-refractivity contribution >= 4 is 17.3 Å². The summed E-state index contributed by atoms with van der Waals surface area (Å²) in [6.07, 6.45) is 5.35. The molecule has 14 nitrogen and oxygen atoms in total. The van der Waals surface area contributed by atoms with Crippen LogP contribution in [0.15, 0.2) is 90.5 Å². The molecule has 2 fully saturated rings. The Hall–Kier alpha value is -5.61. The predicted octanol–water partition coefficient (Wildman–Crippen LogP) is 4.90. The molecule has 2 aliphatic rings. The minimum atomic E-state index is -1.03. The standard InChI is InChI=1S/C41H48F2N8O6/c1-3-38(29(2)57-39(53)5-4-20-52)51-40(54)50(28-46-51)34-9-7-32(8-10-34)47-16-18-48(19-17-47)33-11-13-35(14-12-33)55-23-30-22-41(56-24-30,25-49-27-44-26-45-49)36-15-6-31(42)21-37(36)43/h6-15,21,26-30,38,52H,3-5,16-20,22-25H2,1-2H3/t29-,30+,38-,41-/m0/s1. The van der Waals surface area contributed by atoms with E-state index in [1.807, 2.05) is 43.3 Å². The lowest BCUT2D eigenvalue weighted by atomic mass is 9.87. The summed E-state index contributed by atoms with van der Waals surface area (Å²) in [6.45, 7) is 7.81. The molecule has 0 bridgehead atoms. The lowest BCUT2D eigenvalue weighted by molar-refractivity contribution is -0.151. The molecular formula is C41H48F2N8O6. The van der Waals surface area contributed by atoms with Crippen molar-refractivity contribution in [3.05, 3.63) is 113 Å². The summed E-state index contributed by atoms with van der Waals surface area (Å²) < 4.78 is 51.2. The Kier molecular flexibility index (Phi) is 12.3. The van der Waals surface area contributed by atoms with Gasteiger partial charge < -0.3 is 29.1 Å². The van der Waals surface area contributed by atoms with Crippen molar-refractivity contribution in [3.63, 3.8) is 0 Å². The maximum absolute atomic E-state index is 15.0. The third kappa shape index (κ3) is 9.02. The van der Waals surface area contributed by atoms with Gasteiger partial charge in [-0.3, -0.25) is 4.79 Å². The summed E-state index contributed by atoms with van der Waals surface area (Å²) in [7, 11) is 0. The Morgan fingerprint density at radius 2 is 1.65 bits per heavy atom. The van der Waals surface area contributed by atoms with Crippen LogP contribution >= 0.6 is 0 Å². The Bertz CT molecular complexity index is 2140. The average Bonchev–Trinajstić information content (AvgIpc) is 3.98. The number of ether oxygens (including phenoxy) is 3. The maximum Gasteiger partial charge on any atom is 0.350 e. The van der Waals surface area contributed by atoms with Gasteiger partial charge in [0.1, 0.15) is 48.1 Å². The number of rotatable bonds is 16. The predicted molar refractivity (Wildman–Crippen MR) is 208 cm³/mol. The van der Waals surface area contributed by atoms with Crippen molar-refractivity contribution in [2.45, 2.75) is 63.8 Å². The fourth-order valence-corrected chi connectivity index (χ4v) is 7.79. The van der Waals surface area contributed by atoms with Gasteiger partial charge in [-0.2, -0.15) is 10.2 Å². The molecule has 2 aliphatic heterocycles. The largest absolute Gasteiger partial charge is 0.493 e. The van der Waals surface area contributed by atoms with Gasteiger partial charge >= 0.3 is 11.7 Å². The van der Waals surface area contributed by atoms with Crippen LogP contribution in [0.2, 0.25) is 0 Å². The molecular weight excluding hydrogens is 738 g/mol. The number of halogens is 2. The smallest absolute Gasteiger partial charge is 0.350 e. The highest BCUT2D eigenvalue weighted by Crippen LogP contribution is 2.42. The lowest BCUT2D eigenvalue weighted by Crippen LogP contribution is -2.46. The molecule has 1 N–H and O–H groups in total. The molecule has 0 unspecified atom stereocenters. The second kappa shape index (κ2) is 17.7. The van der Waals surface area contributed by atoms with Crippen LogP contribution in [0.1, 0.15) is 51.1 Å². The van der Waals surface area contributed by atoms with Crippen molar-refractivity contribution in [1.82, 2.24) is 29.1 Å². The van der Waals surface area contributed by atoms with Gasteiger partial charge in [-0.05, 0) is 80.8 Å². The molecule has 0 aliphatic carbocycles. The number of aromatic nitrogens is 6. The fourth-order valence-electron chi connectivity index (χ4n) is 7.79.